The third kappa shape index (κ3) is 3.10. The number of carbonyl (C=O) groups excluding carboxylic acids is 2. The molecule has 1 fully saturated rings. The molecular weight excluding hydrogens is 260 g/mol. The van der Waals surface area contributed by atoms with E-state index in [1.807, 2.05) is 6.92 Å². The summed E-state index contributed by atoms with van der Waals surface area (Å²) in [5, 5.41) is 0. The van der Waals surface area contributed by atoms with Crippen LogP contribution >= 0.6 is 0 Å². The summed E-state index contributed by atoms with van der Waals surface area (Å²) in [4.78, 5) is 23.7. The van der Waals surface area contributed by atoms with Crippen LogP contribution in [-0.2, 0) is 9.53 Å². The minimum Gasteiger partial charge on any atom is -0.497 e. The van der Waals surface area contributed by atoms with E-state index in [2.05, 4.69) is 0 Å². The highest BCUT2D eigenvalue weighted by molar-refractivity contribution is 6.00. The van der Waals surface area contributed by atoms with Crippen LogP contribution in [0, 0.1) is 11.8 Å². The van der Waals surface area contributed by atoms with Crippen LogP contribution in [0.3, 0.4) is 0 Å². The molecule has 0 N–H and O–H groups in total. The Morgan fingerprint density at radius 1 is 1.25 bits per heavy atom. The van der Waals surface area contributed by atoms with Crippen molar-refractivity contribution in [2.75, 3.05) is 20.8 Å². The molecule has 0 amide bonds. The Hall–Kier alpha value is -2.04. The summed E-state index contributed by atoms with van der Waals surface area (Å²) in [6, 6.07) is 4.93. The zero-order chi connectivity index (χ0) is 14.7. The number of carbonyl (C=O) groups is 2. The van der Waals surface area contributed by atoms with Gasteiger partial charge in [-0.1, -0.05) is 6.92 Å². The number of Topliss-reactive ketones (excluding diaryl/α,β-unsaturated/α-hetero) is 1. The summed E-state index contributed by atoms with van der Waals surface area (Å²) < 4.78 is 15.3. The first-order valence-corrected chi connectivity index (χ1v) is 6.48. The van der Waals surface area contributed by atoms with Crippen LogP contribution in [-0.4, -0.2) is 32.6 Å². The molecule has 1 aromatic carbocycles. The maximum atomic E-state index is 12.1. The summed E-state index contributed by atoms with van der Waals surface area (Å²) in [7, 11) is 3.00. The van der Waals surface area contributed by atoms with Crippen LogP contribution < -0.4 is 9.47 Å². The van der Waals surface area contributed by atoms with Crippen molar-refractivity contribution in [3.8, 4) is 11.5 Å². The monoisotopic (exact) mass is 278 g/mol. The van der Waals surface area contributed by atoms with E-state index in [0.29, 0.717) is 23.0 Å². The maximum absolute atomic E-state index is 12.1. The second-order valence-corrected chi connectivity index (χ2v) is 4.92. The van der Waals surface area contributed by atoms with Crippen molar-refractivity contribution < 1.29 is 23.8 Å². The topological polar surface area (TPSA) is 61.8 Å². The van der Waals surface area contributed by atoms with Gasteiger partial charge in [0.1, 0.15) is 11.5 Å². The quantitative estimate of drug-likeness (QED) is 0.589. The first-order valence-electron chi connectivity index (χ1n) is 6.48. The fourth-order valence-electron chi connectivity index (χ4n) is 2.00. The van der Waals surface area contributed by atoms with Gasteiger partial charge in [-0.3, -0.25) is 9.59 Å². The highest BCUT2D eigenvalue weighted by Crippen LogP contribution is 2.38. The van der Waals surface area contributed by atoms with Crippen molar-refractivity contribution in [1.82, 2.24) is 0 Å². The molecule has 20 heavy (non-hydrogen) atoms. The van der Waals surface area contributed by atoms with E-state index in [1.165, 1.54) is 14.2 Å². The van der Waals surface area contributed by atoms with Crippen LogP contribution in [0.4, 0.5) is 0 Å². The number of methoxy groups -OCH3 is 2. The molecular formula is C15H18O5. The van der Waals surface area contributed by atoms with Crippen molar-refractivity contribution in [2.24, 2.45) is 11.8 Å². The molecule has 0 unspecified atom stereocenters. The Labute approximate surface area is 117 Å². The van der Waals surface area contributed by atoms with E-state index >= 15 is 0 Å². The van der Waals surface area contributed by atoms with Crippen molar-refractivity contribution in [3.05, 3.63) is 23.8 Å². The van der Waals surface area contributed by atoms with Gasteiger partial charge in [-0.05, 0) is 30.5 Å². The lowest BCUT2D eigenvalue weighted by Gasteiger charge is -2.10. The second kappa shape index (κ2) is 5.94. The van der Waals surface area contributed by atoms with Crippen LogP contribution in [0.1, 0.15) is 23.7 Å². The van der Waals surface area contributed by atoms with Crippen molar-refractivity contribution >= 4 is 11.8 Å². The number of hydrogen-bond acceptors (Lipinski definition) is 5. The van der Waals surface area contributed by atoms with Gasteiger partial charge in [0, 0.05) is 0 Å². The van der Waals surface area contributed by atoms with Crippen LogP contribution in [0.5, 0.6) is 11.5 Å². The molecule has 1 aromatic rings. The smallest absolute Gasteiger partial charge is 0.309 e. The fraction of sp³-hybridized carbons (Fsp3) is 0.467. The van der Waals surface area contributed by atoms with E-state index in [1.54, 1.807) is 18.2 Å². The van der Waals surface area contributed by atoms with Crippen molar-refractivity contribution in [1.29, 1.82) is 0 Å². The lowest BCUT2D eigenvalue weighted by atomic mass is 10.1. The standard InChI is InChI=1S/C15H18O5/c1-9-6-11(9)15(17)20-8-13(16)12-7-10(18-2)4-5-14(12)19-3/h4-5,7,9,11H,6,8H2,1-3H3/t9-,11-/m1/s1. The van der Waals surface area contributed by atoms with Gasteiger partial charge in [-0.25, -0.2) is 0 Å². The average molecular weight is 278 g/mol. The molecule has 0 heterocycles. The fourth-order valence-corrected chi connectivity index (χ4v) is 2.00. The van der Waals surface area contributed by atoms with E-state index in [0.717, 1.165) is 6.42 Å². The summed E-state index contributed by atoms with van der Waals surface area (Å²) in [6.07, 6.45) is 0.843. The summed E-state index contributed by atoms with van der Waals surface area (Å²) in [5.74, 6) is 0.706. The molecule has 0 spiro atoms. The number of benzene rings is 1. The third-order valence-electron chi connectivity index (χ3n) is 3.46. The van der Waals surface area contributed by atoms with Gasteiger partial charge < -0.3 is 14.2 Å². The minimum atomic E-state index is -0.303. The zero-order valence-corrected chi connectivity index (χ0v) is 11.8. The Bertz CT molecular complexity index is 523. The average Bonchev–Trinajstić information content (AvgIpc) is 3.20. The molecule has 108 valence electrons. The molecule has 5 nitrogen and oxygen atoms in total. The first-order chi connectivity index (χ1) is 9.56. The lowest BCUT2D eigenvalue weighted by Crippen LogP contribution is -2.16. The Morgan fingerprint density at radius 3 is 2.50 bits per heavy atom. The Morgan fingerprint density at radius 2 is 1.95 bits per heavy atom. The molecule has 1 aliphatic carbocycles. The SMILES string of the molecule is COc1ccc(OC)c(C(=O)COC(=O)[C@@H]2C[C@H]2C)c1. The van der Waals surface area contributed by atoms with Crippen LogP contribution in [0.2, 0.25) is 0 Å². The van der Waals surface area contributed by atoms with Crippen LogP contribution in [0.25, 0.3) is 0 Å². The Kier molecular flexibility index (Phi) is 4.27. The number of esters is 1. The van der Waals surface area contributed by atoms with Gasteiger partial charge in [-0.2, -0.15) is 0 Å². The lowest BCUT2D eigenvalue weighted by molar-refractivity contribution is -0.144. The second-order valence-electron chi connectivity index (χ2n) is 4.92. The number of rotatable bonds is 6. The molecule has 5 heteroatoms. The van der Waals surface area contributed by atoms with E-state index in [-0.39, 0.29) is 24.3 Å². The zero-order valence-electron chi connectivity index (χ0n) is 11.8. The highest BCUT2D eigenvalue weighted by atomic mass is 16.5. The van der Waals surface area contributed by atoms with E-state index < -0.39 is 0 Å². The molecule has 0 radical (unpaired) electrons. The summed E-state index contributed by atoms with van der Waals surface area (Å²) >= 11 is 0. The number of hydrogen-bond donors (Lipinski definition) is 0. The summed E-state index contributed by atoms with van der Waals surface area (Å²) in [5.41, 5.74) is 0.350. The predicted molar refractivity (Wildman–Crippen MR) is 72.1 cm³/mol. The van der Waals surface area contributed by atoms with Gasteiger partial charge >= 0.3 is 5.97 Å². The largest absolute Gasteiger partial charge is 0.497 e. The van der Waals surface area contributed by atoms with Gasteiger partial charge in [0.25, 0.3) is 0 Å². The molecule has 2 atom stereocenters. The van der Waals surface area contributed by atoms with Gasteiger partial charge in [0.2, 0.25) is 5.78 Å². The van der Waals surface area contributed by atoms with Gasteiger partial charge in [0.15, 0.2) is 6.61 Å². The molecule has 2 rings (SSSR count). The highest BCUT2D eigenvalue weighted by Gasteiger charge is 2.40. The molecule has 0 aliphatic heterocycles. The molecule has 1 saturated carbocycles. The molecule has 0 saturated heterocycles. The minimum absolute atomic E-state index is 0.0463. The summed E-state index contributed by atoms with van der Waals surface area (Å²) in [6.45, 7) is 1.71. The van der Waals surface area contributed by atoms with Crippen molar-refractivity contribution in [2.45, 2.75) is 13.3 Å². The molecule has 0 bridgehead atoms. The van der Waals surface area contributed by atoms with Crippen molar-refractivity contribution in [3.63, 3.8) is 0 Å². The first kappa shape index (κ1) is 14.4. The van der Waals surface area contributed by atoms with Crippen LogP contribution in [0.15, 0.2) is 18.2 Å². The van der Waals surface area contributed by atoms with Gasteiger partial charge in [-0.15, -0.1) is 0 Å². The Balaban J connectivity index is 2.02. The van der Waals surface area contributed by atoms with Gasteiger partial charge in [0.05, 0.1) is 25.7 Å². The molecule has 0 aromatic heterocycles. The van der Waals surface area contributed by atoms with E-state index in [4.69, 9.17) is 14.2 Å². The molecule has 1 aliphatic rings. The number of ether oxygens (including phenoxy) is 3. The predicted octanol–water partition coefficient (Wildman–Crippen LogP) is 2.09. The normalized spacial score (nSPS) is 20.1. The van der Waals surface area contributed by atoms with E-state index in [9.17, 15) is 9.59 Å². The third-order valence-corrected chi connectivity index (χ3v) is 3.46. The maximum Gasteiger partial charge on any atom is 0.309 e. The number of ketones is 1.